The molecule has 3 aromatic heterocycles. The number of benzene rings is 1. The Kier molecular flexibility index (Phi) is 5.96. The molecule has 1 aliphatic heterocycles. The van der Waals surface area contributed by atoms with E-state index in [1.165, 1.54) is 12.1 Å². The molecular formula is C22H23FN8O3S. The molecule has 1 fully saturated rings. The highest BCUT2D eigenvalue weighted by molar-refractivity contribution is 7.87. The molecule has 0 saturated carbocycles. The van der Waals surface area contributed by atoms with Gasteiger partial charge in [-0.25, -0.2) is 19.5 Å². The molecule has 1 saturated heterocycles. The first-order valence-corrected chi connectivity index (χ1v) is 12.4. The Morgan fingerprint density at radius 2 is 2.03 bits per heavy atom. The molecular weight excluding hydrogens is 475 g/mol. The number of aromatic amines is 1. The number of nitrogens with two attached hydrogens (primary N) is 1. The van der Waals surface area contributed by atoms with Crippen LogP contribution in [0.2, 0.25) is 0 Å². The third kappa shape index (κ3) is 5.01. The fraction of sp³-hybridized carbons (Fsp3) is 0.227. The summed E-state index contributed by atoms with van der Waals surface area (Å²) < 4.78 is 40.9. The summed E-state index contributed by atoms with van der Waals surface area (Å²) in [6.07, 6.45) is 9.45. The molecule has 13 heteroatoms. The number of H-pyrrole nitrogens is 1. The van der Waals surface area contributed by atoms with Gasteiger partial charge in [0.2, 0.25) is 0 Å². The minimum absolute atomic E-state index is 0.137. The lowest BCUT2D eigenvalue weighted by molar-refractivity contribution is 0.102. The molecule has 182 valence electrons. The summed E-state index contributed by atoms with van der Waals surface area (Å²) in [7, 11) is -3.79. The predicted octanol–water partition coefficient (Wildman–Crippen LogP) is 1.88. The lowest BCUT2D eigenvalue weighted by Gasteiger charge is -2.34. The van der Waals surface area contributed by atoms with Gasteiger partial charge < -0.3 is 19.6 Å². The van der Waals surface area contributed by atoms with Crippen molar-refractivity contribution in [3.8, 4) is 11.3 Å². The Bertz CT molecular complexity index is 1480. The summed E-state index contributed by atoms with van der Waals surface area (Å²) in [5.74, 6) is -1.00. The van der Waals surface area contributed by atoms with Crippen molar-refractivity contribution in [3.63, 3.8) is 0 Å². The van der Waals surface area contributed by atoms with E-state index in [4.69, 9.17) is 5.14 Å². The molecule has 0 unspecified atom stereocenters. The number of aromatic nitrogens is 4. The first kappa shape index (κ1) is 23.0. The normalized spacial score (nSPS) is 15.0. The SMILES string of the molecule is NS(=O)(=O)NC1CCN(c2ccc(F)cc2NC(=O)c2cn3ccnc3c(-c3cc[nH]c3)n2)CC1. The van der Waals surface area contributed by atoms with Crippen molar-refractivity contribution in [2.45, 2.75) is 18.9 Å². The van der Waals surface area contributed by atoms with E-state index in [2.05, 4.69) is 25.0 Å². The van der Waals surface area contributed by atoms with E-state index in [0.717, 1.165) is 5.56 Å². The first-order valence-electron chi connectivity index (χ1n) is 10.9. The number of carbonyl (C=O) groups is 1. The van der Waals surface area contributed by atoms with E-state index in [-0.39, 0.29) is 11.7 Å². The number of imidazole rings is 1. The van der Waals surface area contributed by atoms with Crippen LogP contribution in [-0.4, -0.2) is 52.8 Å². The number of amides is 1. The van der Waals surface area contributed by atoms with Crippen LogP contribution in [0, 0.1) is 5.82 Å². The number of fused-ring (bicyclic) bond motifs is 1. The van der Waals surface area contributed by atoms with Gasteiger partial charge in [0.1, 0.15) is 17.2 Å². The minimum Gasteiger partial charge on any atom is -0.370 e. The molecule has 11 nitrogen and oxygen atoms in total. The summed E-state index contributed by atoms with van der Waals surface area (Å²) in [6, 6.07) is 5.72. The zero-order valence-corrected chi connectivity index (χ0v) is 19.3. The maximum atomic E-state index is 14.1. The molecule has 5 N–H and O–H groups in total. The largest absolute Gasteiger partial charge is 0.370 e. The van der Waals surface area contributed by atoms with Crippen LogP contribution in [0.5, 0.6) is 0 Å². The molecule has 4 heterocycles. The zero-order chi connectivity index (χ0) is 24.6. The molecule has 0 radical (unpaired) electrons. The maximum absolute atomic E-state index is 14.1. The lowest BCUT2D eigenvalue weighted by Crippen LogP contribution is -2.46. The summed E-state index contributed by atoms with van der Waals surface area (Å²) >= 11 is 0. The Balaban J connectivity index is 1.40. The Morgan fingerprint density at radius 3 is 2.74 bits per heavy atom. The third-order valence-corrected chi connectivity index (χ3v) is 6.51. The summed E-state index contributed by atoms with van der Waals surface area (Å²) in [6.45, 7) is 0.997. The summed E-state index contributed by atoms with van der Waals surface area (Å²) in [5, 5.41) is 7.86. The number of anilines is 2. The van der Waals surface area contributed by atoms with Gasteiger partial charge in [-0.15, -0.1) is 0 Å². The lowest BCUT2D eigenvalue weighted by atomic mass is 10.0. The van der Waals surface area contributed by atoms with Gasteiger partial charge in [-0.1, -0.05) is 0 Å². The number of hydrogen-bond acceptors (Lipinski definition) is 6. The molecule has 4 aromatic rings. The maximum Gasteiger partial charge on any atom is 0.275 e. The molecule has 1 aliphatic rings. The number of piperidine rings is 1. The quantitative estimate of drug-likeness (QED) is 0.319. The van der Waals surface area contributed by atoms with Gasteiger partial charge in [-0.05, 0) is 37.1 Å². The number of halogens is 1. The predicted molar refractivity (Wildman–Crippen MR) is 129 cm³/mol. The van der Waals surface area contributed by atoms with Crippen LogP contribution in [0.4, 0.5) is 15.8 Å². The third-order valence-electron chi connectivity index (χ3n) is 5.85. The van der Waals surface area contributed by atoms with Crippen LogP contribution in [0.3, 0.4) is 0 Å². The van der Waals surface area contributed by atoms with E-state index in [0.29, 0.717) is 48.6 Å². The highest BCUT2D eigenvalue weighted by atomic mass is 32.2. The van der Waals surface area contributed by atoms with Gasteiger partial charge >= 0.3 is 0 Å². The second-order valence-electron chi connectivity index (χ2n) is 8.27. The number of nitrogens with one attached hydrogen (secondary N) is 3. The van der Waals surface area contributed by atoms with Crippen molar-refractivity contribution in [1.29, 1.82) is 0 Å². The molecule has 35 heavy (non-hydrogen) atoms. The molecule has 0 bridgehead atoms. The van der Waals surface area contributed by atoms with Crippen LogP contribution in [0.15, 0.2) is 55.2 Å². The van der Waals surface area contributed by atoms with Crippen molar-refractivity contribution in [1.82, 2.24) is 24.1 Å². The molecule has 1 amide bonds. The number of nitrogens with zero attached hydrogens (tertiary/aromatic N) is 4. The molecule has 0 atom stereocenters. The van der Waals surface area contributed by atoms with Gasteiger partial charge in [0.15, 0.2) is 5.65 Å². The van der Waals surface area contributed by atoms with Crippen LogP contribution in [0.1, 0.15) is 23.3 Å². The average Bonchev–Trinajstić information content (AvgIpc) is 3.50. The zero-order valence-electron chi connectivity index (χ0n) is 18.5. The Hall–Kier alpha value is -3.81. The second-order valence-corrected chi connectivity index (χ2v) is 9.60. The van der Waals surface area contributed by atoms with Crippen LogP contribution in [0.25, 0.3) is 16.9 Å². The van der Waals surface area contributed by atoms with Gasteiger partial charge in [0.05, 0.1) is 11.4 Å². The summed E-state index contributed by atoms with van der Waals surface area (Å²) in [5.41, 5.74) is 2.97. The van der Waals surface area contributed by atoms with Crippen LogP contribution >= 0.6 is 0 Å². The highest BCUT2D eigenvalue weighted by Gasteiger charge is 2.24. The van der Waals surface area contributed by atoms with E-state index in [9.17, 15) is 17.6 Å². The molecule has 5 rings (SSSR count). The van der Waals surface area contributed by atoms with Crippen LogP contribution < -0.4 is 20.1 Å². The molecule has 0 spiro atoms. The van der Waals surface area contributed by atoms with Crippen molar-refractivity contribution < 1.29 is 17.6 Å². The Labute approximate surface area is 200 Å². The number of carbonyl (C=O) groups excluding carboxylic acids is 1. The van der Waals surface area contributed by atoms with Gasteiger partial charge in [-0.3, -0.25) is 4.79 Å². The monoisotopic (exact) mass is 498 g/mol. The standard InChI is InChI=1S/C22H23FN8O3S/c23-15-1-2-19(30-8-4-16(5-9-30)29-35(24,33)34)17(11-15)28-22(32)18-13-31-10-7-26-21(31)20(27-18)14-3-6-25-12-14/h1-3,6-7,10-13,16,25,29H,4-5,8-9H2,(H,28,32)(H2,24,33,34). The molecule has 0 aliphatic carbocycles. The van der Waals surface area contributed by atoms with E-state index in [1.54, 1.807) is 41.5 Å². The average molecular weight is 499 g/mol. The van der Waals surface area contributed by atoms with Crippen molar-refractivity contribution in [3.05, 3.63) is 66.8 Å². The number of hydrogen-bond donors (Lipinski definition) is 4. The molecule has 1 aromatic carbocycles. The fourth-order valence-electron chi connectivity index (χ4n) is 4.25. The van der Waals surface area contributed by atoms with Gasteiger partial charge in [-0.2, -0.15) is 13.1 Å². The topological polar surface area (TPSA) is 151 Å². The van der Waals surface area contributed by atoms with E-state index >= 15 is 0 Å². The van der Waals surface area contributed by atoms with Crippen molar-refractivity contribution in [2.75, 3.05) is 23.3 Å². The fourth-order valence-corrected chi connectivity index (χ4v) is 4.95. The van der Waals surface area contributed by atoms with Gasteiger partial charge in [0.25, 0.3) is 16.1 Å². The Morgan fingerprint density at radius 1 is 1.23 bits per heavy atom. The highest BCUT2D eigenvalue weighted by Crippen LogP contribution is 2.30. The summed E-state index contributed by atoms with van der Waals surface area (Å²) in [4.78, 5) is 27.0. The van der Waals surface area contributed by atoms with Crippen molar-refractivity contribution in [2.24, 2.45) is 5.14 Å². The van der Waals surface area contributed by atoms with E-state index < -0.39 is 21.9 Å². The smallest absolute Gasteiger partial charge is 0.275 e. The van der Waals surface area contributed by atoms with Crippen LogP contribution in [-0.2, 0) is 10.2 Å². The minimum atomic E-state index is -3.79. The van der Waals surface area contributed by atoms with Gasteiger partial charge in [0, 0.05) is 55.7 Å². The number of rotatable bonds is 6. The van der Waals surface area contributed by atoms with E-state index in [1.807, 2.05) is 11.0 Å². The van der Waals surface area contributed by atoms with Crippen molar-refractivity contribution >= 4 is 33.1 Å². The first-order chi connectivity index (χ1) is 16.8. The second kappa shape index (κ2) is 9.09.